The second-order valence-electron chi connectivity index (χ2n) is 7.30. The summed E-state index contributed by atoms with van der Waals surface area (Å²) in [4.78, 5) is 0. The quantitative estimate of drug-likeness (QED) is 0.906. The molecule has 1 unspecified atom stereocenters. The molecule has 2 aromatic rings. The van der Waals surface area contributed by atoms with Crippen LogP contribution >= 0.6 is 0 Å². The standard InChI is InChI=1S/C19H26N2/c1-14-5-4-6-15(11-14)7-9-21-10-8-16-17(20)12-19(2,3)13-18(16)21/h4-6,8,10-11,17H,7,9,12-13,20H2,1-3H3. The summed E-state index contributed by atoms with van der Waals surface area (Å²) in [5, 5.41) is 0. The fraction of sp³-hybridized carbons (Fsp3) is 0.474. The van der Waals surface area contributed by atoms with Gasteiger partial charge in [0.25, 0.3) is 0 Å². The molecule has 1 aliphatic carbocycles. The second-order valence-corrected chi connectivity index (χ2v) is 7.30. The maximum absolute atomic E-state index is 6.35. The first-order chi connectivity index (χ1) is 9.94. The Labute approximate surface area is 128 Å². The van der Waals surface area contributed by atoms with Crippen molar-refractivity contribution >= 4 is 0 Å². The summed E-state index contributed by atoms with van der Waals surface area (Å²) in [6.07, 6.45) is 5.53. The molecule has 2 nitrogen and oxygen atoms in total. The smallest absolute Gasteiger partial charge is 0.0318 e. The summed E-state index contributed by atoms with van der Waals surface area (Å²) in [6.45, 7) is 7.85. The number of aromatic nitrogens is 1. The van der Waals surface area contributed by atoms with Gasteiger partial charge in [-0.1, -0.05) is 43.7 Å². The Morgan fingerprint density at radius 2 is 2.10 bits per heavy atom. The third kappa shape index (κ3) is 3.06. The van der Waals surface area contributed by atoms with Crippen LogP contribution in [0.1, 0.15) is 48.7 Å². The monoisotopic (exact) mass is 282 g/mol. The predicted octanol–water partition coefficient (Wildman–Crippen LogP) is 4.01. The van der Waals surface area contributed by atoms with Crippen LogP contribution in [-0.4, -0.2) is 4.57 Å². The minimum atomic E-state index is 0.198. The van der Waals surface area contributed by atoms with Crippen molar-refractivity contribution < 1.29 is 0 Å². The Morgan fingerprint density at radius 1 is 1.29 bits per heavy atom. The molecule has 0 radical (unpaired) electrons. The van der Waals surface area contributed by atoms with Crippen LogP contribution in [0, 0.1) is 12.3 Å². The average molecular weight is 282 g/mol. The molecule has 1 aromatic heterocycles. The van der Waals surface area contributed by atoms with Crippen LogP contribution in [0.4, 0.5) is 0 Å². The van der Waals surface area contributed by atoms with Crippen molar-refractivity contribution in [3.63, 3.8) is 0 Å². The van der Waals surface area contributed by atoms with Gasteiger partial charge in [0, 0.05) is 24.5 Å². The van der Waals surface area contributed by atoms with E-state index in [1.807, 2.05) is 0 Å². The molecule has 2 heteroatoms. The number of nitrogens with two attached hydrogens (primary N) is 1. The first kappa shape index (κ1) is 14.4. The normalized spacial score (nSPS) is 20.3. The number of hydrogen-bond donors (Lipinski definition) is 1. The molecule has 112 valence electrons. The number of aryl methyl sites for hydroxylation is 3. The molecule has 1 aliphatic rings. The molecule has 1 aromatic carbocycles. The van der Waals surface area contributed by atoms with Crippen LogP contribution in [0.3, 0.4) is 0 Å². The van der Waals surface area contributed by atoms with Crippen molar-refractivity contribution in [2.45, 2.75) is 52.6 Å². The fourth-order valence-electron chi connectivity index (χ4n) is 3.62. The SMILES string of the molecule is Cc1cccc(CCn2ccc3c2CC(C)(C)CC3N)c1. The highest BCUT2D eigenvalue weighted by Crippen LogP contribution is 2.39. The topological polar surface area (TPSA) is 30.9 Å². The zero-order chi connectivity index (χ0) is 15.0. The lowest BCUT2D eigenvalue weighted by molar-refractivity contribution is 0.275. The molecule has 0 bridgehead atoms. The molecule has 0 spiro atoms. The van der Waals surface area contributed by atoms with Gasteiger partial charge in [0.05, 0.1) is 0 Å². The van der Waals surface area contributed by atoms with Crippen molar-refractivity contribution in [1.29, 1.82) is 0 Å². The summed E-state index contributed by atoms with van der Waals surface area (Å²) < 4.78 is 2.42. The lowest BCUT2D eigenvalue weighted by Crippen LogP contribution is -2.30. The third-order valence-corrected chi connectivity index (χ3v) is 4.66. The summed E-state index contributed by atoms with van der Waals surface area (Å²) in [5.41, 5.74) is 12.2. The molecule has 0 saturated heterocycles. The second kappa shape index (κ2) is 5.34. The minimum absolute atomic E-state index is 0.198. The number of fused-ring (bicyclic) bond motifs is 1. The largest absolute Gasteiger partial charge is 0.351 e. The van der Waals surface area contributed by atoms with E-state index in [-0.39, 0.29) is 6.04 Å². The van der Waals surface area contributed by atoms with Crippen molar-refractivity contribution in [2.24, 2.45) is 11.1 Å². The van der Waals surface area contributed by atoms with E-state index < -0.39 is 0 Å². The van der Waals surface area contributed by atoms with E-state index in [1.165, 1.54) is 22.4 Å². The molecule has 1 heterocycles. The van der Waals surface area contributed by atoms with E-state index >= 15 is 0 Å². The van der Waals surface area contributed by atoms with E-state index in [9.17, 15) is 0 Å². The Morgan fingerprint density at radius 3 is 2.86 bits per heavy atom. The maximum atomic E-state index is 6.35. The van der Waals surface area contributed by atoms with Crippen LogP contribution in [0.2, 0.25) is 0 Å². The summed E-state index contributed by atoms with van der Waals surface area (Å²) in [6, 6.07) is 11.2. The molecule has 0 fully saturated rings. The Kier molecular flexibility index (Phi) is 3.66. The number of benzene rings is 1. The van der Waals surface area contributed by atoms with Gasteiger partial charge >= 0.3 is 0 Å². The zero-order valence-electron chi connectivity index (χ0n) is 13.4. The predicted molar refractivity (Wildman–Crippen MR) is 88.3 cm³/mol. The van der Waals surface area contributed by atoms with Crippen molar-refractivity contribution in [3.05, 3.63) is 58.9 Å². The van der Waals surface area contributed by atoms with Gasteiger partial charge in [-0.2, -0.15) is 0 Å². The Hall–Kier alpha value is -1.54. The van der Waals surface area contributed by atoms with Gasteiger partial charge in [0.2, 0.25) is 0 Å². The van der Waals surface area contributed by atoms with Crippen LogP contribution in [-0.2, 0) is 19.4 Å². The van der Waals surface area contributed by atoms with Crippen LogP contribution in [0.25, 0.3) is 0 Å². The van der Waals surface area contributed by atoms with Crippen molar-refractivity contribution in [3.8, 4) is 0 Å². The molecule has 21 heavy (non-hydrogen) atoms. The lowest BCUT2D eigenvalue weighted by Gasteiger charge is -2.34. The lowest BCUT2D eigenvalue weighted by atomic mass is 9.74. The third-order valence-electron chi connectivity index (χ3n) is 4.66. The van der Waals surface area contributed by atoms with Crippen LogP contribution in [0.5, 0.6) is 0 Å². The number of rotatable bonds is 3. The van der Waals surface area contributed by atoms with E-state index in [4.69, 9.17) is 5.73 Å². The molecule has 1 atom stereocenters. The summed E-state index contributed by atoms with van der Waals surface area (Å²) in [7, 11) is 0. The van der Waals surface area contributed by atoms with Gasteiger partial charge in [0.15, 0.2) is 0 Å². The number of nitrogens with zero attached hydrogens (tertiary/aromatic N) is 1. The van der Waals surface area contributed by atoms with Gasteiger partial charge in [-0.25, -0.2) is 0 Å². The van der Waals surface area contributed by atoms with Crippen LogP contribution < -0.4 is 5.73 Å². The van der Waals surface area contributed by atoms with Gasteiger partial charge in [-0.05, 0) is 48.8 Å². The first-order valence-corrected chi connectivity index (χ1v) is 7.94. The molecular formula is C19H26N2. The minimum Gasteiger partial charge on any atom is -0.351 e. The van der Waals surface area contributed by atoms with Crippen LogP contribution in [0.15, 0.2) is 36.5 Å². The average Bonchev–Trinajstić information content (AvgIpc) is 2.78. The maximum Gasteiger partial charge on any atom is 0.0318 e. The molecule has 2 N–H and O–H groups in total. The molecular weight excluding hydrogens is 256 g/mol. The Bertz CT molecular complexity index is 637. The first-order valence-electron chi connectivity index (χ1n) is 7.94. The van der Waals surface area contributed by atoms with Crippen molar-refractivity contribution in [2.75, 3.05) is 0 Å². The van der Waals surface area contributed by atoms with Gasteiger partial charge < -0.3 is 10.3 Å². The van der Waals surface area contributed by atoms with Gasteiger partial charge in [-0.3, -0.25) is 0 Å². The van der Waals surface area contributed by atoms with Gasteiger partial charge in [0.1, 0.15) is 0 Å². The van der Waals surface area contributed by atoms with E-state index in [2.05, 4.69) is 61.9 Å². The van der Waals surface area contributed by atoms with Crippen molar-refractivity contribution in [1.82, 2.24) is 4.57 Å². The highest BCUT2D eigenvalue weighted by Gasteiger charge is 2.32. The number of hydrogen-bond acceptors (Lipinski definition) is 1. The van der Waals surface area contributed by atoms with E-state index in [0.717, 1.165) is 25.8 Å². The highest BCUT2D eigenvalue weighted by atomic mass is 15.0. The zero-order valence-corrected chi connectivity index (χ0v) is 13.4. The molecule has 0 aliphatic heterocycles. The molecule has 0 saturated carbocycles. The molecule has 3 rings (SSSR count). The summed E-state index contributed by atoms with van der Waals surface area (Å²) >= 11 is 0. The van der Waals surface area contributed by atoms with E-state index in [1.54, 1.807) is 0 Å². The fourth-order valence-corrected chi connectivity index (χ4v) is 3.62. The summed E-state index contributed by atoms with van der Waals surface area (Å²) in [5.74, 6) is 0. The van der Waals surface area contributed by atoms with Gasteiger partial charge in [-0.15, -0.1) is 0 Å². The highest BCUT2D eigenvalue weighted by molar-refractivity contribution is 5.30. The molecule has 0 amide bonds. The van der Waals surface area contributed by atoms with E-state index in [0.29, 0.717) is 5.41 Å². The Balaban J connectivity index is 1.79.